The lowest BCUT2D eigenvalue weighted by molar-refractivity contribution is 0.167. The van der Waals surface area contributed by atoms with Crippen LogP contribution in [-0.4, -0.2) is 20.5 Å². The summed E-state index contributed by atoms with van der Waals surface area (Å²) in [5, 5.41) is 19.7. The Bertz CT molecular complexity index is 189. The molecule has 0 fully saturated rings. The Labute approximate surface area is 58.9 Å². The summed E-state index contributed by atoms with van der Waals surface area (Å²) in [6.45, 7) is 1.88. The molecule has 4 heteroatoms. The van der Waals surface area contributed by atoms with E-state index in [1.807, 2.05) is 6.92 Å². The van der Waals surface area contributed by atoms with Gasteiger partial charge in [-0.3, -0.25) is 0 Å². The molecule has 0 aliphatic rings. The Morgan fingerprint density at radius 1 is 1.70 bits per heavy atom. The number of aromatic nitrogens is 3. The number of aliphatic hydroxyl groups is 1. The van der Waals surface area contributed by atoms with Crippen molar-refractivity contribution in [3.63, 3.8) is 0 Å². The average Bonchev–Trinajstić information content (AvgIpc) is 2.05. The zero-order valence-electron chi connectivity index (χ0n) is 5.73. The van der Waals surface area contributed by atoms with Crippen molar-refractivity contribution in [2.45, 2.75) is 19.4 Å². The van der Waals surface area contributed by atoms with E-state index in [4.69, 9.17) is 0 Å². The van der Waals surface area contributed by atoms with Gasteiger partial charge in [-0.15, -0.1) is 10.2 Å². The van der Waals surface area contributed by atoms with Crippen LogP contribution in [0.1, 0.15) is 25.1 Å². The highest BCUT2D eigenvalue weighted by atomic mass is 16.3. The molecular formula is C6H9N3O. The molecule has 1 atom stereocenters. The second-order valence-electron chi connectivity index (χ2n) is 1.97. The summed E-state index contributed by atoms with van der Waals surface area (Å²) in [7, 11) is 0. The Kier molecular flexibility index (Phi) is 2.28. The fourth-order valence-electron chi connectivity index (χ4n) is 0.637. The number of aliphatic hydroxyl groups excluding tert-OH is 1. The van der Waals surface area contributed by atoms with E-state index in [1.54, 1.807) is 6.07 Å². The molecule has 4 nitrogen and oxygen atoms in total. The summed E-state index contributed by atoms with van der Waals surface area (Å²) in [5.74, 6) is 0. The summed E-state index contributed by atoms with van der Waals surface area (Å²) in [6.07, 6.45) is 1.66. The topological polar surface area (TPSA) is 58.9 Å². The molecule has 1 rings (SSSR count). The van der Waals surface area contributed by atoms with E-state index in [1.165, 1.54) is 6.20 Å². The van der Waals surface area contributed by atoms with Crippen LogP contribution in [0.5, 0.6) is 0 Å². The molecule has 0 amide bonds. The standard InChI is InChI=1S/C6H9N3O/c1-2-6(10)5-3-4-7-9-8-5/h3-4,6,10H,2H2,1H3. The number of nitrogens with zero attached hydrogens (tertiary/aromatic N) is 3. The normalized spacial score (nSPS) is 13.0. The van der Waals surface area contributed by atoms with Crippen molar-refractivity contribution in [2.75, 3.05) is 0 Å². The third-order valence-electron chi connectivity index (χ3n) is 1.25. The quantitative estimate of drug-likeness (QED) is 0.640. The van der Waals surface area contributed by atoms with Crippen LogP contribution >= 0.6 is 0 Å². The molecule has 1 heterocycles. The molecule has 1 aromatic rings. The number of hydrogen-bond donors (Lipinski definition) is 1. The Morgan fingerprint density at radius 3 is 3.00 bits per heavy atom. The maximum absolute atomic E-state index is 9.20. The van der Waals surface area contributed by atoms with Crippen molar-refractivity contribution < 1.29 is 5.11 Å². The van der Waals surface area contributed by atoms with Gasteiger partial charge in [0.1, 0.15) is 0 Å². The van der Waals surface area contributed by atoms with Crippen LogP contribution in [0.25, 0.3) is 0 Å². The fraction of sp³-hybridized carbons (Fsp3) is 0.500. The van der Waals surface area contributed by atoms with Crippen LogP contribution in [0.4, 0.5) is 0 Å². The van der Waals surface area contributed by atoms with Gasteiger partial charge >= 0.3 is 0 Å². The van der Waals surface area contributed by atoms with E-state index in [2.05, 4.69) is 15.4 Å². The van der Waals surface area contributed by atoms with Crippen LogP contribution in [0.15, 0.2) is 12.3 Å². The third-order valence-corrected chi connectivity index (χ3v) is 1.25. The van der Waals surface area contributed by atoms with E-state index in [9.17, 15) is 5.11 Å². The van der Waals surface area contributed by atoms with Gasteiger partial charge in [0.2, 0.25) is 0 Å². The monoisotopic (exact) mass is 139 g/mol. The van der Waals surface area contributed by atoms with Gasteiger partial charge in [0.05, 0.1) is 18.0 Å². The summed E-state index contributed by atoms with van der Waals surface area (Å²) in [4.78, 5) is 0. The fourth-order valence-corrected chi connectivity index (χ4v) is 0.637. The molecule has 1 aromatic heterocycles. The highest BCUT2D eigenvalue weighted by molar-refractivity contribution is 4.98. The molecule has 0 saturated carbocycles. The minimum Gasteiger partial charge on any atom is -0.387 e. The molecule has 1 unspecified atom stereocenters. The zero-order chi connectivity index (χ0) is 7.40. The van der Waals surface area contributed by atoms with E-state index in [-0.39, 0.29) is 0 Å². The second-order valence-corrected chi connectivity index (χ2v) is 1.97. The molecule has 0 spiro atoms. The molecule has 54 valence electrons. The van der Waals surface area contributed by atoms with Gasteiger partial charge in [-0.2, -0.15) is 0 Å². The van der Waals surface area contributed by atoms with Crippen LogP contribution in [-0.2, 0) is 0 Å². The van der Waals surface area contributed by atoms with Crippen molar-refractivity contribution in [3.8, 4) is 0 Å². The van der Waals surface area contributed by atoms with Gasteiger partial charge < -0.3 is 5.11 Å². The number of hydrogen-bond acceptors (Lipinski definition) is 4. The summed E-state index contributed by atoms with van der Waals surface area (Å²) >= 11 is 0. The van der Waals surface area contributed by atoms with Crippen molar-refractivity contribution in [3.05, 3.63) is 18.0 Å². The van der Waals surface area contributed by atoms with Crippen LogP contribution in [0.3, 0.4) is 0 Å². The smallest absolute Gasteiger partial charge is 0.0977 e. The lowest BCUT2D eigenvalue weighted by Crippen LogP contribution is -2.00. The van der Waals surface area contributed by atoms with Crippen molar-refractivity contribution in [1.29, 1.82) is 0 Å². The van der Waals surface area contributed by atoms with Gasteiger partial charge in [-0.25, -0.2) is 0 Å². The lowest BCUT2D eigenvalue weighted by atomic mass is 10.2. The third kappa shape index (κ3) is 1.48. The summed E-state index contributed by atoms with van der Waals surface area (Å²) < 4.78 is 0. The van der Waals surface area contributed by atoms with Crippen molar-refractivity contribution in [2.24, 2.45) is 0 Å². The van der Waals surface area contributed by atoms with Crippen LogP contribution in [0.2, 0.25) is 0 Å². The van der Waals surface area contributed by atoms with Gasteiger partial charge in [-0.1, -0.05) is 6.92 Å². The van der Waals surface area contributed by atoms with Gasteiger partial charge in [0, 0.05) is 0 Å². The molecule has 0 aliphatic heterocycles. The van der Waals surface area contributed by atoms with Gasteiger partial charge in [-0.05, 0) is 17.7 Å². The van der Waals surface area contributed by atoms with Crippen molar-refractivity contribution in [1.82, 2.24) is 15.4 Å². The zero-order valence-corrected chi connectivity index (χ0v) is 5.73. The molecule has 1 N–H and O–H groups in total. The molecule has 0 saturated heterocycles. The first-order valence-electron chi connectivity index (χ1n) is 3.17. The number of rotatable bonds is 2. The Morgan fingerprint density at radius 2 is 2.50 bits per heavy atom. The predicted molar refractivity (Wildman–Crippen MR) is 35.1 cm³/mol. The second kappa shape index (κ2) is 3.22. The van der Waals surface area contributed by atoms with Crippen LogP contribution in [0, 0.1) is 0 Å². The van der Waals surface area contributed by atoms with Crippen molar-refractivity contribution >= 4 is 0 Å². The van der Waals surface area contributed by atoms with Crippen LogP contribution < -0.4 is 0 Å². The lowest BCUT2D eigenvalue weighted by Gasteiger charge is -2.02. The first kappa shape index (κ1) is 7.08. The largest absolute Gasteiger partial charge is 0.387 e. The molecule has 0 aliphatic carbocycles. The van der Waals surface area contributed by atoms with Gasteiger partial charge in [0.25, 0.3) is 0 Å². The van der Waals surface area contributed by atoms with E-state index in [0.29, 0.717) is 12.1 Å². The van der Waals surface area contributed by atoms with E-state index >= 15 is 0 Å². The molecule has 10 heavy (non-hydrogen) atoms. The highest BCUT2D eigenvalue weighted by Crippen LogP contribution is 2.09. The summed E-state index contributed by atoms with van der Waals surface area (Å²) in [6, 6.07) is 1.65. The summed E-state index contributed by atoms with van der Waals surface area (Å²) in [5.41, 5.74) is 0.581. The SMILES string of the molecule is CCC(O)c1ccnnn1. The Balaban J connectivity index is 2.75. The average molecular weight is 139 g/mol. The first-order valence-corrected chi connectivity index (χ1v) is 3.17. The Hall–Kier alpha value is -1.03. The van der Waals surface area contributed by atoms with E-state index in [0.717, 1.165) is 0 Å². The highest BCUT2D eigenvalue weighted by Gasteiger charge is 2.04. The molecule has 0 aromatic carbocycles. The minimum absolute atomic E-state index is 0.504. The maximum Gasteiger partial charge on any atom is 0.0977 e. The first-order chi connectivity index (χ1) is 4.84. The maximum atomic E-state index is 9.20. The van der Waals surface area contributed by atoms with Gasteiger partial charge in [0.15, 0.2) is 0 Å². The molecule has 0 bridgehead atoms. The molecule has 0 radical (unpaired) electrons. The van der Waals surface area contributed by atoms with E-state index < -0.39 is 6.10 Å². The minimum atomic E-state index is -0.504. The predicted octanol–water partition coefficient (Wildman–Crippen LogP) is 0.315. The molecular weight excluding hydrogens is 130 g/mol.